The van der Waals surface area contributed by atoms with Gasteiger partial charge in [0.25, 0.3) is 5.69 Å². The summed E-state index contributed by atoms with van der Waals surface area (Å²) >= 11 is 1.24. The molecular formula is C18H23N5O3S. The van der Waals surface area contributed by atoms with Crippen molar-refractivity contribution in [2.24, 2.45) is 5.92 Å². The van der Waals surface area contributed by atoms with Crippen LogP contribution >= 0.6 is 11.8 Å². The first-order valence-corrected chi connectivity index (χ1v) is 10.1. The van der Waals surface area contributed by atoms with Crippen LogP contribution in [0.25, 0.3) is 0 Å². The molecule has 0 atom stereocenters. The van der Waals surface area contributed by atoms with Crippen molar-refractivity contribution in [1.29, 1.82) is 0 Å². The summed E-state index contributed by atoms with van der Waals surface area (Å²) in [5.41, 5.74) is 0.872. The SMILES string of the molecule is Cc1c(NC(=O)CSc2n[nH]c(CCC3CCCC3)n2)cccc1[N+](=O)[O-]. The fraction of sp³-hybridized carbons (Fsp3) is 0.500. The van der Waals surface area contributed by atoms with E-state index in [2.05, 4.69) is 20.5 Å². The summed E-state index contributed by atoms with van der Waals surface area (Å²) in [6.07, 6.45) is 7.31. The third-order valence-corrected chi connectivity index (χ3v) is 5.73. The number of rotatable bonds is 8. The standard InChI is InChI=1S/C18H23N5O3S/c1-12-14(7-4-8-15(12)23(25)26)19-17(24)11-27-18-20-16(21-22-18)10-9-13-5-2-3-6-13/h4,7-8,13H,2-3,5-6,9-11H2,1H3,(H,19,24)(H,20,21,22). The van der Waals surface area contributed by atoms with Crippen LogP contribution in [-0.4, -0.2) is 31.8 Å². The van der Waals surface area contributed by atoms with Crippen LogP contribution in [0.4, 0.5) is 11.4 Å². The number of hydrogen-bond acceptors (Lipinski definition) is 6. The molecule has 144 valence electrons. The third-order valence-electron chi connectivity index (χ3n) is 4.88. The number of aromatic nitrogens is 3. The molecule has 2 N–H and O–H groups in total. The Morgan fingerprint density at radius 1 is 1.41 bits per heavy atom. The summed E-state index contributed by atoms with van der Waals surface area (Å²) < 4.78 is 0. The fourth-order valence-corrected chi connectivity index (χ4v) is 3.98. The molecule has 27 heavy (non-hydrogen) atoms. The van der Waals surface area contributed by atoms with E-state index < -0.39 is 4.92 Å². The number of carbonyl (C=O) groups is 1. The van der Waals surface area contributed by atoms with Gasteiger partial charge in [0.2, 0.25) is 11.1 Å². The van der Waals surface area contributed by atoms with Gasteiger partial charge in [0.15, 0.2) is 0 Å². The van der Waals surface area contributed by atoms with Crippen LogP contribution < -0.4 is 5.32 Å². The van der Waals surface area contributed by atoms with E-state index in [1.54, 1.807) is 19.1 Å². The molecule has 0 spiro atoms. The van der Waals surface area contributed by atoms with E-state index in [1.165, 1.54) is 43.5 Å². The van der Waals surface area contributed by atoms with Crippen molar-refractivity contribution >= 4 is 29.0 Å². The summed E-state index contributed by atoms with van der Waals surface area (Å²) in [5, 5.41) is 21.3. The quantitative estimate of drug-likeness (QED) is 0.402. The summed E-state index contributed by atoms with van der Waals surface area (Å²) in [7, 11) is 0. The van der Waals surface area contributed by atoms with Gasteiger partial charge in [0.05, 0.1) is 21.9 Å². The molecule has 8 nitrogen and oxygen atoms in total. The van der Waals surface area contributed by atoms with E-state index in [-0.39, 0.29) is 17.3 Å². The third kappa shape index (κ3) is 5.29. The van der Waals surface area contributed by atoms with Crippen molar-refractivity contribution in [3.8, 4) is 0 Å². The number of aryl methyl sites for hydroxylation is 1. The van der Waals surface area contributed by atoms with Crippen LogP contribution in [0.5, 0.6) is 0 Å². The summed E-state index contributed by atoms with van der Waals surface area (Å²) in [5.74, 6) is 1.55. The van der Waals surface area contributed by atoms with Crippen LogP contribution in [0.3, 0.4) is 0 Å². The maximum atomic E-state index is 12.2. The Morgan fingerprint density at radius 2 is 2.19 bits per heavy atom. The summed E-state index contributed by atoms with van der Waals surface area (Å²) in [4.78, 5) is 27.1. The topological polar surface area (TPSA) is 114 Å². The van der Waals surface area contributed by atoms with Crippen molar-refractivity contribution in [1.82, 2.24) is 15.2 Å². The number of nitrogens with one attached hydrogen (secondary N) is 2. The zero-order valence-electron chi connectivity index (χ0n) is 15.2. The van der Waals surface area contributed by atoms with E-state index in [4.69, 9.17) is 0 Å². The molecule has 1 saturated carbocycles. The minimum Gasteiger partial charge on any atom is -0.325 e. The molecule has 9 heteroatoms. The molecule has 0 aliphatic heterocycles. The van der Waals surface area contributed by atoms with Gasteiger partial charge in [-0.15, -0.1) is 5.10 Å². The lowest BCUT2D eigenvalue weighted by Crippen LogP contribution is -2.15. The highest BCUT2D eigenvalue weighted by molar-refractivity contribution is 7.99. The first kappa shape index (κ1) is 19.3. The monoisotopic (exact) mass is 389 g/mol. The van der Waals surface area contributed by atoms with Gasteiger partial charge in [-0.05, 0) is 25.3 Å². The predicted octanol–water partition coefficient (Wildman–Crippen LogP) is 3.87. The molecule has 2 aromatic rings. The molecule has 3 rings (SSSR count). The molecule has 1 aliphatic carbocycles. The van der Waals surface area contributed by atoms with Gasteiger partial charge < -0.3 is 5.32 Å². The maximum Gasteiger partial charge on any atom is 0.274 e. The molecule has 1 aliphatic rings. The van der Waals surface area contributed by atoms with Gasteiger partial charge in [-0.1, -0.05) is 43.5 Å². The number of thioether (sulfide) groups is 1. The molecule has 1 heterocycles. The minimum atomic E-state index is -0.458. The molecule has 0 unspecified atom stereocenters. The molecule has 0 bridgehead atoms. The second-order valence-electron chi connectivity index (χ2n) is 6.80. The van der Waals surface area contributed by atoms with Gasteiger partial charge in [-0.2, -0.15) is 0 Å². The average Bonchev–Trinajstić information content (AvgIpc) is 3.31. The lowest BCUT2D eigenvalue weighted by atomic mass is 10.0. The van der Waals surface area contributed by atoms with E-state index >= 15 is 0 Å². The Labute approximate surface area is 161 Å². The molecule has 1 amide bonds. The first-order valence-electron chi connectivity index (χ1n) is 9.11. The second-order valence-corrected chi connectivity index (χ2v) is 7.74. The van der Waals surface area contributed by atoms with Crippen molar-refractivity contribution in [2.75, 3.05) is 11.1 Å². The normalized spacial score (nSPS) is 14.4. The molecule has 0 saturated heterocycles. The van der Waals surface area contributed by atoms with E-state index in [1.807, 2.05) is 0 Å². The number of aromatic amines is 1. The Balaban J connectivity index is 1.48. The molecule has 0 radical (unpaired) electrons. The van der Waals surface area contributed by atoms with Crippen molar-refractivity contribution < 1.29 is 9.72 Å². The zero-order chi connectivity index (χ0) is 19.2. The molecule has 1 aromatic carbocycles. The lowest BCUT2D eigenvalue weighted by Gasteiger charge is -2.07. The fourth-order valence-electron chi connectivity index (χ4n) is 3.37. The van der Waals surface area contributed by atoms with Gasteiger partial charge in [0.1, 0.15) is 5.82 Å². The van der Waals surface area contributed by atoms with Crippen LogP contribution in [0.2, 0.25) is 0 Å². The van der Waals surface area contributed by atoms with Crippen LogP contribution in [0.1, 0.15) is 43.5 Å². The predicted molar refractivity (Wildman–Crippen MR) is 104 cm³/mol. The van der Waals surface area contributed by atoms with E-state index in [0.717, 1.165) is 24.6 Å². The lowest BCUT2D eigenvalue weighted by molar-refractivity contribution is -0.385. The largest absolute Gasteiger partial charge is 0.325 e. The molecule has 1 aromatic heterocycles. The van der Waals surface area contributed by atoms with Crippen molar-refractivity contribution in [3.63, 3.8) is 0 Å². The Morgan fingerprint density at radius 3 is 2.93 bits per heavy atom. The van der Waals surface area contributed by atoms with E-state index in [0.29, 0.717) is 16.4 Å². The minimum absolute atomic E-state index is 0.0127. The number of benzene rings is 1. The highest BCUT2D eigenvalue weighted by atomic mass is 32.2. The number of carbonyl (C=O) groups excluding carboxylic acids is 1. The zero-order valence-corrected chi connectivity index (χ0v) is 16.1. The number of nitro groups is 1. The van der Waals surface area contributed by atoms with Crippen molar-refractivity contribution in [3.05, 3.63) is 39.7 Å². The van der Waals surface area contributed by atoms with Gasteiger partial charge in [-0.25, -0.2) is 4.98 Å². The highest BCUT2D eigenvalue weighted by Gasteiger charge is 2.17. The first-order chi connectivity index (χ1) is 13.0. The Bertz CT molecular complexity index is 817. The summed E-state index contributed by atoms with van der Waals surface area (Å²) in [6, 6.07) is 4.62. The molecular weight excluding hydrogens is 366 g/mol. The number of hydrogen-bond donors (Lipinski definition) is 2. The number of anilines is 1. The Kier molecular flexibility index (Phi) is 6.44. The van der Waals surface area contributed by atoms with Gasteiger partial charge in [-0.3, -0.25) is 20.0 Å². The number of nitrogens with zero attached hydrogens (tertiary/aromatic N) is 3. The van der Waals surface area contributed by atoms with E-state index in [9.17, 15) is 14.9 Å². The summed E-state index contributed by atoms with van der Waals surface area (Å²) in [6.45, 7) is 1.62. The van der Waals surface area contributed by atoms with Crippen LogP contribution in [0.15, 0.2) is 23.4 Å². The number of amides is 1. The second kappa shape index (κ2) is 8.98. The van der Waals surface area contributed by atoms with Crippen LogP contribution in [0, 0.1) is 23.0 Å². The van der Waals surface area contributed by atoms with Crippen molar-refractivity contribution in [2.45, 2.75) is 50.6 Å². The van der Waals surface area contributed by atoms with Gasteiger partial charge in [0, 0.05) is 12.5 Å². The number of H-pyrrole nitrogens is 1. The smallest absolute Gasteiger partial charge is 0.274 e. The van der Waals surface area contributed by atoms with Gasteiger partial charge >= 0.3 is 0 Å². The van der Waals surface area contributed by atoms with Crippen LogP contribution in [-0.2, 0) is 11.2 Å². The Hall–Kier alpha value is -2.42. The average molecular weight is 389 g/mol. The number of nitro benzene ring substituents is 1. The highest BCUT2D eigenvalue weighted by Crippen LogP contribution is 2.28. The molecule has 1 fully saturated rings. The maximum absolute atomic E-state index is 12.2.